The van der Waals surface area contributed by atoms with Crippen molar-refractivity contribution in [2.75, 3.05) is 6.54 Å². The maximum absolute atomic E-state index is 4.36. The number of hydrogen-bond donors (Lipinski definition) is 1. The summed E-state index contributed by atoms with van der Waals surface area (Å²) in [5, 5.41) is 4.71. The number of thiazole rings is 1. The number of benzene rings is 1. The van der Waals surface area contributed by atoms with Crippen molar-refractivity contribution < 1.29 is 0 Å². The Labute approximate surface area is 113 Å². The van der Waals surface area contributed by atoms with Crippen LogP contribution < -0.4 is 5.32 Å². The van der Waals surface area contributed by atoms with Crippen LogP contribution in [-0.2, 0) is 19.4 Å². The quantitative estimate of drug-likeness (QED) is 0.772. The van der Waals surface area contributed by atoms with Crippen molar-refractivity contribution >= 4 is 11.3 Å². The number of nitrogens with zero attached hydrogens (tertiary/aromatic N) is 1. The standard InChI is InChI=1S/C15H20N2S/c1-2-15-17-12-14(18-15)11-16-10-6-9-13-7-4-3-5-8-13/h3-5,7-8,12,16H,2,6,9-11H2,1H3. The number of rotatable bonds is 7. The van der Waals surface area contributed by atoms with Crippen LogP contribution in [0.5, 0.6) is 0 Å². The zero-order valence-corrected chi connectivity index (χ0v) is 11.7. The molecule has 0 aliphatic rings. The second-order valence-corrected chi connectivity index (χ2v) is 5.54. The summed E-state index contributed by atoms with van der Waals surface area (Å²) in [5.41, 5.74) is 1.42. The van der Waals surface area contributed by atoms with Gasteiger partial charge in [0.05, 0.1) is 5.01 Å². The lowest BCUT2D eigenvalue weighted by atomic mass is 10.1. The van der Waals surface area contributed by atoms with E-state index in [1.165, 1.54) is 21.9 Å². The van der Waals surface area contributed by atoms with Crippen LogP contribution in [0.2, 0.25) is 0 Å². The Morgan fingerprint density at radius 3 is 2.78 bits per heavy atom. The van der Waals surface area contributed by atoms with E-state index < -0.39 is 0 Å². The molecular formula is C15H20N2S. The van der Waals surface area contributed by atoms with E-state index in [0.29, 0.717) is 0 Å². The summed E-state index contributed by atoms with van der Waals surface area (Å²) in [6.07, 6.45) is 5.37. The smallest absolute Gasteiger partial charge is 0.0925 e. The first kappa shape index (κ1) is 13.2. The molecule has 2 nitrogen and oxygen atoms in total. The maximum Gasteiger partial charge on any atom is 0.0925 e. The molecule has 0 saturated carbocycles. The molecule has 1 aromatic carbocycles. The normalized spacial score (nSPS) is 10.7. The molecule has 1 N–H and O–H groups in total. The third-order valence-electron chi connectivity index (χ3n) is 2.86. The zero-order chi connectivity index (χ0) is 12.6. The minimum absolute atomic E-state index is 0.951. The second kappa shape index (κ2) is 7.29. The molecule has 0 aliphatic heterocycles. The molecule has 0 saturated heterocycles. The van der Waals surface area contributed by atoms with Gasteiger partial charge in [-0.15, -0.1) is 11.3 Å². The Morgan fingerprint density at radius 1 is 1.22 bits per heavy atom. The SMILES string of the molecule is CCc1ncc(CNCCCc2ccccc2)s1. The van der Waals surface area contributed by atoms with E-state index in [0.717, 1.165) is 25.9 Å². The van der Waals surface area contributed by atoms with E-state index in [4.69, 9.17) is 0 Å². The van der Waals surface area contributed by atoms with Gasteiger partial charge in [-0.05, 0) is 31.4 Å². The van der Waals surface area contributed by atoms with Crippen LogP contribution >= 0.6 is 11.3 Å². The van der Waals surface area contributed by atoms with E-state index in [1.807, 2.05) is 17.5 Å². The second-order valence-electron chi connectivity index (χ2n) is 4.34. The predicted molar refractivity (Wildman–Crippen MR) is 78.0 cm³/mol. The number of aromatic nitrogens is 1. The van der Waals surface area contributed by atoms with Gasteiger partial charge in [-0.3, -0.25) is 0 Å². The van der Waals surface area contributed by atoms with Crippen LogP contribution in [-0.4, -0.2) is 11.5 Å². The van der Waals surface area contributed by atoms with Gasteiger partial charge < -0.3 is 5.32 Å². The van der Waals surface area contributed by atoms with Gasteiger partial charge in [-0.1, -0.05) is 37.3 Å². The van der Waals surface area contributed by atoms with Crippen LogP contribution in [0.1, 0.15) is 28.8 Å². The number of nitrogens with one attached hydrogen (secondary N) is 1. The molecule has 0 spiro atoms. The highest BCUT2D eigenvalue weighted by Gasteiger charge is 1.99. The van der Waals surface area contributed by atoms with Crippen LogP contribution in [0.25, 0.3) is 0 Å². The van der Waals surface area contributed by atoms with E-state index in [2.05, 4.69) is 47.6 Å². The zero-order valence-electron chi connectivity index (χ0n) is 10.9. The molecule has 0 fully saturated rings. The molecule has 3 heteroatoms. The molecule has 0 unspecified atom stereocenters. The Balaban J connectivity index is 1.61. The fourth-order valence-corrected chi connectivity index (χ4v) is 2.70. The van der Waals surface area contributed by atoms with E-state index >= 15 is 0 Å². The summed E-state index contributed by atoms with van der Waals surface area (Å²) in [4.78, 5) is 5.70. The van der Waals surface area contributed by atoms with Gasteiger partial charge in [0.1, 0.15) is 0 Å². The molecule has 2 rings (SSSR count). The molecule has 1 heterocycles. The molecular weight excluding hydrogens is 240 g/mol. The van der Waals surface area contributed by atoms with Gasteiger partial charge in [0.15, 0.2) is 0 Å². The molecule has 18 heavy (non-hydrogen) atoms. The molecule has 0 bridgehead atoms. The van der Waals surface area contributed by atoms with Gasteiger partial charge in [-0.25, -0.2) is 4.98 Å². The third kappa shape index (κ3) is 4.24. The third-order valence-corrected chi connectivity index (χ3v) is 4.01. The van der Waals surface area contributed by atoms with Gasteiger partial charge in [-0.2, -0.15) is 0 Å². The number of hydrogen-bond acceptors (Lipinski definition) is 3. The summed E-state index contributed by atoms with van der Waals surface area (Å²) in [7, 11) is 0. The van der Waals surface area contributed by atoms with Gasteiger partial charge in [0.2, 0.25) is 0 Å². The Hall–Kier alpha value is -1.19. The van der Waals surface area contributed by atoms with E-state index in [-0.39, 0.29) is 0 Å². The van der Waals surface area contributed by atoms with Crippen molar-refractivity contribution in [3.63, 3.8) is 0 Å². The van der Waals surface area contributed by atoms with Crippen molar-refractivity contribution in [2.45, 2.75) is 32.7 Å². The Kier molecular flexibility index (Phi) is 5.36. The average molecular weight is 260 g/mol. The first-order valence-electron chi connectivity index (χ1n) is 6.56. The lowest BCUT2D eigenvalue weighted by Gasteiger charge is -2.03. The summed E-state index contributed by atoms with van der Waals surface area (Å²) in [6.45, 7) is 4.16. The van der Waals surface area contributed by atoms with Crippen LogP contribution in [0.4, 0.5) is 0 Å². The number of aryl methyl sites for hydroxylation is 2. The van der Waals surface area contributed by atoms with Crippen molar-refractivity contribution in [3.8, 4) is 0 Å². The van der Waals surface area contributed by atoms with Crippen molar-refractivity contribution in [3.05, 3.63) is 52.0 Å². The van der Waals surface area contributed by atoms with Crippen LogP contribution in [0, 0.1) is 0 Å². The molecule has 96 valence electrons. The Bertz CT molecular complexity index is 451. The fourth-order valence-electron chi connectivity index (χ4n) is 1.87. The van der Waals surface area contributed by atoms with Gasteiger partial charge in [0, 0.05) is 17.6 Å². The maximum atomic E-state index is 4.36. The minimum Gasteiger partial charge on any atom is -0.312 e. The largest absolute Gasteiger partial charge is 0.312 e. The molecule has 0 radical (unpaired) electrons. The summed E-state index contributed by atoms with van der Waals surface area (Å²) in [5.74, 6) is 0. The van der Waals surface area contributed by atoms with E-state index in [9.17, 15) is 0 Å². The highest BCUT2D eigenvalue weighted by atomic mass is 32.1. The summed E-state index contributed by atoms with van der Waals surface area (Å²) >= 11 is 1.81. The highest BCUT2D eigenvalue weighted by molar-refractivity contribution is 7.11. The highest BCUT2D eigenvalue weighted by Crippen LogP contribution is 2.12. The first-order chi connectivity index (χ1) is 8.88. The van der Waals surface area contributed by atoms with Crippen molar-refractivity contribution in [2.24, 2.45) is 0 Å². The molecule has 0 amide bonds. The Morgan fingerprint density at radius 2 is 2.06 bits per heavy atom. The van der Waals surface area contributed by atoms with E-state index in [1.54, 1.807) is 0 Å². The first-order valence-corrected chi connectivity index (χ1v) is 7.38. The lowest BCUT2D eigenvalue weighted by molar-refractivity contribution is 0.654. The topological polar surface area (TPSA) is 24.9 Å². The fraction of sp³-hybridized carbons (Fsp3) is 0.400. The van der Waals surface area contributed by atoms with Crippen molar-refractivity contribution in [1.29, 1.82) is 0 Å². The van der Waals surface area contributed by atoms with Crippen molar-refractivity contribution in [1.82, 2.24) is 10.3 Å². The lowest BCUT2D eigenvalue weighted by Crippen LogP contribution is -2.14. The molecule has 1 aromatic heterocycles. The van der Waals surface area contributed by atoms with Crippen LogP contribution in [0.15, 0.2) is 36.5 Å². The minimum atomic E-state index is 0.951. The average Bonchev–Trinajstić information content (AvgIpc) is 2.87. The van der Waals surface area contributed by atoms with Gasteiger partial charge in [0.25, 0.3) is 0 Å². The predicted octanol–water partition coefficient (Wildman–Crippen LogP) is 3.43. The molecule has 0 aliphatic carbocycles. The monoisotopic (exact) mass is 260 g/mol. The molecule has 2 aromatic rings. The summed E-state index contributed by atoms with van der Waals surface area (Å²) < 4.78 is 0. The van der Waals surface area contributed by atoms with Crippen LogP contribution in [0.3, 0.4) is 0 Å². The summed E-state index contributed by atoms with van der Waals surface area (Å²) in [6, 6.07) is 10.7. The molecule has 0 atom stereocenters. The van der Waals surface area contributed by atoms with Gasteiger partial charge >= 0.3 is 0 Å².